The van der Waals surface area contributed by atoms with Crippen molar-refractivity contribution in [3.63, 3.8) is 0 Å². The van der Waals surface area contributed by atoms with E-state index in [-0.39, 0.29) is 0 Å². The number of hydrogen-bond acceptors (Lipinski definition) is 3. The predicted molar refractivity (Wildman–Crippen MR) is 80.2 cm³/mol. The van der Waals surface area contributed by atoms with Crippen molar-refractivity contribution in [2.45, 2.75) is 33.9 Å². The Morgan fingerprint density at radius 2 is 1.89 bits per heavy atom. The van der Waals surface area contributed by atoms with Crippen molar-refractivity contribution in [3.05, 3.63) is 56.3 Å². The van der Waals surface area contributed by atoms with Crippen LogP contribution in [-0.4, -0.2) is 0 Å². The van der Waals surface area contributed by atoms with E-state index in [1.165, 1.54) is 26.4 Å². The second-order valence-electron chi connectivity index (χ2n) is 4.81. The van der Waals surface area contributed by atoms with Gasteiger partial charge in [-0.3, -0.25) is 0 Å². The van der Waals surface area contributed by atoms with Crippen LogP contribution in [0.4, 0.5) is 0 Å². The van der Waals surface area contributed by atoms with Gasteiger partial charge < -0.3 is 5.32 Å². The van der Waals surface area contributed by atoms with Gasteiger partial charge in [-0.2, -0.15) is 5.26 Å². The fraction of sp³-hybridized carbons (Fsp3) is 0.312. The maximum Gasteiger partial charge on any atom is 0.0991 e. The van der Waals surface area contributed by atoms with Gasteiger partial charge in [-0.25, -0.2) is 0 Å². The van der Waals surface area contributed by atoms with Crippen LogP contribution in [0.3, 0.4) is 0 Å². The smallest absolute Gasteiger partial charge is 0.0991 e. The molecule has 0 aliphatic heterocycles. The Kier molecular flexibility index (Phi) is 4.36. The Bertz CT molecular complexity index is 601. The summed E-state index contributed by atoms with van der Waals surface area (Å²) in [5.41, 5.74) is 4.52. The zero-order valence-electron chi connectivity index (χ0n) is 11.6. The quantitative estimate of drug-likeness (QED) is 0.916. The zero-order valence-corrected chi connectivity index (χ0v) is 12.4. The fourth-order valence-electron chi connectivity index (χ4n) is 2.02. The number of nitriles is 1. The first-order valence-corrected chi connectivity index (χ1v) is 7.18. The van der Waals surface area contributed by atoms with Crippen molar-refractivity contribution in [3.8, 4) is 6.07 Å². The van der Waals surface area contributed by atoms with Crippen molar-refractivity contribution in [1.29, 1.82) is 5.26 Å². The first-order chi connectivity index (χ1) is 9.10. The van der Waals surface area contributed by atoms with E-state index < -0.39 is 0 Å². The predicted octanol–water partition coefficient (Wildman–Crippen LogP) is 3.83. The second kappa shape index (κ2) is 6.01. The number of rotatable bonds is 4. The van der Waals surface area contributed by atoms with Crippen LogP contribution in [0.15, 0.2) is 24.3 Å². The molecule has 0 fully saturated rings. The van der Waals surface area contributed by atoms with Crippen molar-refractivity contribution in [1.82, 2.24) is 5.32 Å². The maximum atomic E-state index is 8.84. The molecule has 2 nitrogen and oxygen atoms in total. The third-order valence-electron chi connectivity index (χ3n) is 3.30. The van der Waals surface area contributed by atoms with Crippen LogP contribution in [0, 0.1) is 32.1 Å². The van der Waals surface area contributed by atoms with E-state index in [9.17, 15) is 0 Å². The SMILES string of the molecule is Cc1cc(C#N)ccc1CNCc1cc(C)c(C)s1. The van der Waals surface area contributed by atoms with Gasteiger partial charge >= 0.3 is 0 Å². The lowest BCUT2D eigenvalue weighted by molar-refractivity contribution is 0.698. The van der Waals surface area contributed by atoms with E-state index in [1.54, 1.807) is 0 Å². The molecule has 0 saturated carbocycles. The third kappa shape index (κ3) is 3.44. The van der Waals surface area contributed by atoms with Crippen LogP contribution in [-0.2, 0) is 13.1 Å². The van der Waals surface area contributed by atoms with E-state index in [1.807, 2.05) is 29.5 Å². The Balaban J connectivity index is 1.94. The summed E-state index contributed by atoms with van der Waals surface area (Å²) in [6, 6.07) is 10.3. The van der Waals surface area contributed by atoms with E-state index in [2.05, 4.69) is 38.2 Å². The van der Waals surface area contributed by atoms with Gasteiger partial charge in [0.1, 0.15) is 0 Å². The number of benzene rings is 1. The Hall–Kier alpha value is -1.63. The number of aryl methyl sites for hydroxylation is 3. The first kappa shape index (κ1) is 13.8. The van der Waals surface area contributed by atoms with Crippen LogP contribution in [0.5, 0.6) is 0 Å². The lowest BCUT2D eigenvalue weighted by Crippen LogP contribution is -2.12. The van der Waals surface area contributed by atoms with E-state index in [4.69, 9.17) is 5.26 Å². The van der Waals surface area contributed by atoms with Crippen molar-refractivity contribution < 1.29 is 0 Å². The molecule has 1 heterocycles. The monoisotopic (exact) mass is 270 g/mol. The lowest BCUT2D eigenvalue weighted by atomic mass is 10.1. The molecular formula is C16H18N2S. The van der Waals surface area contributed by atoms with Crippen molar-refractivity contribution in [2.75, 3.05) is 0 Å². The molecule has 0 amide bonds. The fourth-order valence-corrected chi connectivity index (χ4v) is 3.04. The molecule has 0 bridgehead atoms. The molecule has 0 atom stereocenters. The number of nitrogens with one attached hydrogen (secondary N) is 1. The minimum absolute atomic E-state index is 0.728. The largest absolute Gasteiger partial charge is 0.308 e. The molecule has 1 aromatic carbocycles. The second-order valence-corrected chi connectivity index (χ2v) is 6.15. The summed E-state index contributed by atoms with van der Waals surface area (Å²) in [6.07, 6.45) is 0. The highest BCUT2D eigenvalue weighted by molar-refractivity contribution is 7.12. The average Bonchev–Trinajstić information content (AvgIpc) is 2.70. The van der Waals surface area contributed by atoms with Crippen LogP contribution in [0.25, 0.3) is 0 Å². The number of hydrogen-bond donors (Lipinski definition) is 1. The molecule has 2 rings (SSSR count). The van der Waals surface area contributed by atoms with Gasteiger partial charge in [-0.05, 0) is 55.7 Å². The van der Waals surface area contributed by atoms with E-state index in [0.717, 1.165) is 18.7 Å². The van der Waals surface area contributed by atoms with Gasteiger partial charge in [0.25, 0.3) is 0 Å². The summed E-state index contributed by atoms with van der Waals surface area (Å²) in [5, 5.41) is 12.3. The minimum atomic E-state index is 0.728. The molecule has 98 valence electrons. The summed E-state index contributed by atoms with van der Waals surface area (Å²) in [4.78, 5) is 2.77. The van der Waals surface area contributed by atoms with Gasteiger partial charge in [0.05, 0.1) is 11.6 Å². The summed E-state index contributed by atoms with van der Waals surface area (Å²) in [5.74, 6) is 0. The average molecular weight is 270 g/mol. The number of thiophene rings is 1. The van der Waals surface area contributed by atoms with Crippen LogP contribution in [0.2, 0.25) is 0 Å². The third-order valence-corrected chi connectivity index (χ3v) is 4.46. The van der Waals surface area contributed by atoms with Gasteiger partial charge in [-0.15, -0.1) is 11.3 Å². The van der Waals surface area contributed by atoms with Crippen molar-refractivity contribution in [2.24, 2.45) is 0 Å². The van der Waals surface area contributed by atoms with Gasteiger partial charge in [-0.1, -0.05) is 6.07 Å². The summed E-state index contributed by atoms with van der Waals surface area (Å²) in [6.45, 7) is 8.11. The molecule has 3 heteroatoms. The van der Waals surface area contributed by atoms with Crippen LogP contribution < -0.4 is 5.32 Å². The molecule has 2 aromatic rings. The summed E-state index contributed by atoms with van der Waals surface area (Å²) < 4.78 is 0. The minimum Gasteiger partial charge on any atom is -0.308 e. The molecule has 0 saturated heterocycles. The standard InChI is InChI=1S/C16H18N2S/c1-11-7-16(19-13(11)3)10-18-9-15-5-4-14(8-17)6-12(15)2/h4-7,18H,9-10H2,1-3H3. The molecular weight excluding hydrogens is 252 g/mol. The Labute approximate surface area is 118 Å². The molecule has 0 radical (unpaired) electrons. The van der Waals surface area contributed by atoms with Crippen molar-refractivity contribution >= 4 is 11.3 Å². The number of nitrogens with zero attached hydrogens (tertiary/aromatic N) is 1. The highest BCUT2D eigenvalue weighted by Gasteiger charge is 2.03. The molecule has 1 aromatic heterocycles. The lowest BCUT2D eigenvalue weighted by Gasteiger charge is -2.07. The molecule has 0 aliphatic carbocycles. The maximum absolute atomic E-state index is 8.84. The highest BCUT2D eigenvalue weighted by atomic mass is 32.1. The molecule has 1 N–H and O–H groups in total. The zero-order chi connectivity index (χ0) is 13.8. The molecule has 0 spiro atoms. The Morgan fingerprint density at radius 3 is 2.47 bits per heavy atom. The summed E-state index contributed by atoms with van der Waals surface area (Å²) >= 11 is 1.85. The molecule has 19 heavy (non-hydrogen) atoms. The van der Waals surface area contributed by atoms with Crippen LogP contribution >= 0.6 is 11.3 Å². The van der Waals surface area contributed by atoms with Gasteiger partial charge in [0, 0.05) is 22.8 Å². The van der Waals surface area contributed by atoms with E-state index in [0.29, 0.717) is 0 Å². The van der Waals surface area contributed by atoms with Gasteiger partial charge in [0.15, 0.2) is 0 Å². The molecule has 0 unspecified atom stereocenters. The summed E-state index contributed by atoms with van der Waals surface area (Å²) in [7, 11) is 0. The first-order valence-electron chi connectivity index (χ1n) is 6.36. The van der Waals surface area contributed by atoms with E-state index >= 15 is 0 Å². The highest BCUT2D eigenvalue weighted by Crippen LogP contribution is 2.20. The topological polar surface area (TPSA) is 35.8 Å². The van der Waals surface area contributed by atoms with Crippen LogP contribution in [0.1, 0.15) is 32.0 Å². The molecule has 0 aliphatic rings. The Morgan fingerprint density at radius 1 is 1.11 bits per heavy atom. The van der Waals surface area contributed by atoms with Gasteiger partial charge in [0.2, 0.25) is 0 Å². The normalized spacial score (nSPS) is 10.4.